The number of hydrogen-bond acceptors (Lipinski definition) is 2. The molecule has 13 heavy (non-hydrogen) atoms. The fraction of sp³-hybridized carbons (Fsp3) is 1.00. The Morgan fingerprint density at radius 2 is 2.08 bits per heavy atom. The van der Waals surface area contributed by atoms with Gasteiger partial charge in [-0.25, -0.2) is 0 Å². The molecule has 0 radical (unpaired) electrons. The van der Waals surface area contributed by atoms with E-state index in [4.69, 9.17) is 0 Å². The first kappa shape index (κ1) is 9.47. The molecule has 0 aromatic heterocycles. The van der Waals surface area contributed by atoms with E-state index in [0.717, 1.165) is 12.5 Å². The predicted molar refractivity (Wildman–Crippen MR) is 53.5 cm³/mol. The highest BCUT2D eigenvalue weighted by molar-refractivity contribution is 4.85. The van der Waals surface area contributed by atoms with Crippen LogP contribution in [0.4, 0.5) is 0 Å². The number of rotatable bonds is 4. The minimum Gasteiger partial charge on any atom is -0.392 e. The van der Waals surface area contributed by atoms with Crippen LogP contribution in [-0.2, 0) is 0 Å². The van der Waals surface area contributed by atoms with E-state index in [2.05, 4.69) is 12.2 Å². The van der Waals surface area contributed by atoms with Crippen molar-refractivity contribution in [2.24, 2.45) is 11.8 Å². The van der Waals surface area contributed by atoms with Crippen molar-refractivity contribution in [1.82, 2.24) is 5.32 Å². The molecule has 2 nitrogen and oxygen atoms in total. The smallest absolute Gasteiger partial charge is 0.0692 e. The number of hydrogen-bond donors (Lipinski definition) is 2. The van der Waals surface area contributed by atoms with Gasteiger partial charge in [0.25, 0.3) is 0 Å². The van der Waals surface area contributed by atoms with E-state index in [1.165, 1.54) is 32.1 Å². The summed E-state index contributed by atoms with van der Waals surface area (Å²) in [6.07, 6.45) is 6.42. The molecule has 0 aromatic rings. The lowest BCUT2D eigenvalue weighted by Crippen LogP contribution is -2.37. The van der Waals surface area contributed by atoms with Crippen LogP contribution in [0.1, 0.15) is 39.0 Å². The van der Waals surface area contributed by atoms with E-state index in [1.807, 2.05) is 0 Å². The molecule has 76 valence electrons. The first-order valence-corrected chi connectivity index (χ1v) is 5.69. The summed E-state index contributed by atoms with van der Waals surface area (Å²) in [4.78, 5) is 0. The van der Waals surface area contributed by atoms with Gasteiger partial charge in [-0.1, -0.05) is 13.3 Å². The third-order valence-electron chi connectivity index (χ3n) is 3.62. The van der Waals surface area contributed by atoms with Crippen LogP contribution in [0.15, 0.2) is 0 Å². The number of nitrogens with one attached hydrogen (secondary N) is 1. The quantitative estimate of drug-likeness (QED) is 0.693. The third kappa shape index (κ3) is 2.44. The highest BCUT2D eigenvalue weighted by Crippen LogP contribution is 2.32. The average Bonchev–Trinajstić information content (AvgIpc) is 2.88. The Bertz CT molecular complexity index is 167. The highest BCUT2D eigenvalue weighted by atomic mass is 16.3. The van der Waals surface area contributed by atoms with Crippen LogP contribution in [0.25, 0.3) is 0 Å². The van der Waals surface area contributed by atoms with Crippen LogP contribution in [0.2, 0.25) is 0 Å². The molecule has 2 rings (SSSR count). The molecule has 0 aliphatic heterocycles. The summed E-state index contributed by atoms with van der Waals surface area (Å²) in [5.74, 6) is 1.43. The summed E-state index contributed by atoms with van der Waals surface area (Å²) in [5.41, 5.74) is 0. The topological polar surface area (TPSA) is 32.3 Å². The van der Waals surface area contributed by atoms with Crippen molar-refractivity contribution in [2.75, 3.05) is 6.54 Å². The summed E-state index contributed by atoms with van der Waals surface area (Å²) in [7, 11) is 0. The molecule has 0 heterocycles. The standard InChI is InChI=1S/C11H21NO/c1-8-3-2-4-10(8)12-7-11(13)9-5-6-9/h8-13H,2-7H2,1H3. The van der Waals surface area contributed by atoms with Crippen LogP contribution >= 0.6 is 0 Å². The first-order chi connectivity index (χ1) is 6.27. The molecule has 2 aliphatic rings. The average molecular weight is 183 g/mol. The predicted octanol–water partition coefficient (Wildman–Crippen LogP) is 1.54. The number of aliphatic hydroxyl groups is 1. The van der Waals surface area contributed by atoms with Crippen molar-refractivity contribution in [3.05, 3.63) is 0 Å². The summed E-state index contributed by atoms with van der Waals surface area (Å²) in [5, 5.41) is 13.2. The second-order valence-electron chi connectivity index (χ2n) is 4.83. The molecule has 2 fully saturated rings. The van der Waals surface area contributed by atoms with Gasteiger partial charge in [0.15, 0.2) is 0 Å². The van der Waals surface area contributed by atoms with Crippen molar-refractivity contribution in [1.29, 1.82) is 0 Å². The van der Waals surface area contributed by atoms with Gasteiger partial charge in [0.1, 0.15) is 0 Å². The van der Waals surface area contributed by atoms with Gasteiger partial charge in [0.2, 0.25) is 0 Å². The van der Waals surface area contributed by atoms with E-state index in [1.54, 1.807) is 0 Å². The Labute approximate surface area is 80.7 Å². The molecule has 0 spiro atoms. The Hall–Kier alpha value is -0.0800. The van der Waals surface area contributed by atoms with Crippen molar-refractivity contribution in [3.63, 3.8) is 0 Å². The summed E-state index contributed by atoms with van der Waals surface area (Å²) >= 11 is 0. The van der Waals surface area contributed by atoms with E-state index in [9.17, 15) is 5.11 Å². The van der Waals surface area contributed by atoms with Gasteiger partial charge >= 0.3 is 0 Å². The summed E-state index contributed by atoms with van der Waals surface area (Å²) in [6.45, 7) is 3.13. The van der Waals surface area contributed by atoms with Crippen molar-refractivity contribution < 1.29 is 5.11 Å². The normalized spacial score (nSPS) is 36.5. The van der Waals surface area contributed by atoms with E-state index in [-0.39, 0.29) is 6.10 Å². The molecule has 0 bridgehead atoms. The number of aliphatic hydroxyl groups excluding tert-OH is 1. The second kappa shape index (κ2) is 3.97. The molecule has 2 saturated carbocycles. The molecule has 3 unspecified atom stereocenters. The van der Waals surface area contributed by atoms with Gasteiger partial charge < -0.3 is 10.4 Å². The van der Waals surface area contributed by atoms with Crippen LogP contribution < -0.4 is 5.32 Å². The zero-order chi connectivity index (χ0) is 9.26. The molecule has 2 aliphatic carbocycles. The second-order valence-corrected chi connectivity index (χ2v) is 4.83. The lowest BCUT2D eigenvalue weighted by molar-refractivity contribution is 0.142. The molecule has 2 N–H and O–H groups in total. The van der Waals surface area contributed by atoms with Crippen molar-refractivity contribution in [2.45, 2.75) is 51.2 Å². The molecular weight excluding hydrogens is 162 g/mol. The van der Waals surface area contributed by atoms with E-state index < -0.39 is 0 Å². The lowest BCUT2D eigenvalue weighted by atomic mass is 10.1. The zero-order valence-corrected chi connectivity index (χ0v) is 8.50. The molecule has 0 saturated heterocycles. The molecule has 0 amide bonds. The largest absolute Gasteiger partial charge is 0.392 e. The maximum absolute atomic E-state index is 9.67. The van der Waals surface area contributed by atoms with Crippen molar-refractivity contribution >= 4 is 0 Å². The molecule has 2 heteroatoms. The van der Waals surface area contributed by atoms with Crippen LogP contribution in [-0.4, -0.2) is 23.8 Å². The Kier molecular flexibility index (Phi) is 2.89. The summed E-state index contributed by atoms with van der Waals surface area (Å²) < 4.78 is 0. The Morgan fingerprint density at radius 1 is 1.31 bits per heavy atom. The van der Waals surface area contributed by atoms with Gasteiger partial charge in [0.05, 0.1) is 6.10 Å². The minimum absolute atomic E-state index is 0.0761. The Morgan fingerprint density at radius 3 is 2.62 bits per heavy atom. The van der Waals surface area contributed by atoms with Gasteiger partial charge in [-0.15, -0.1) is 0 Å². The van der Waals surface area contributed by atoms with Crippen LogP contribution in [0.5, 0.6) is 0 Å². The minimum atomic E-state index is -0.0761. The maximum Gasteiger partial charge on any atom is 0.0692 e. The first-order valence-electron chi connectivity index (χ1n) is 5.69. The SMILES string of the molecule is CC1CCCC1NCC(O)C1CC1. The van der Waals surface area contributed by atoms with Crippen molar-refractivity contribution in [3.8, 4) is 0 Å². The summed E-state index contributed by atoms with van der Waals surface area (Å²) in [6, 6.07) is 0.674. The third-order valence-corrected chi connectivity index (χ3v) is 3.62. The maximum atomic E-state index is 9.67. The van der Waals surface area contributed by atoms with Crippen LogP contribution in [0.3, 0.4) is 0 Å². The van der Waals surface area contributed by atoms with Gasteiger partial charge in [0, 0.05) is 12.6 Å². The van der Waals surface area contributed by atoms with Gasteiger partial charge in [-0.05, 0) is 37.5 Å². The van der Waals surface area contributed by atoms with Gasteiger partial charge in [-0.3, -0.25) is 0 Å². The monoisotopic (exact) mass is 183 g/mol. The molecular formula is C11H21NO. The fourth-order valence-electron chi connectivity index (χ4n) is 2.37. The van der Waals surface area contributed by atoms with E-state index in [0.29, 0.717) is 12.0 Å². The van der Waals surface area contributed by atoms with Gasteiger partial charge in [-0.2, -0.15) is 0 Å². The highest BCUT2D eigenvalue weighted by Gasteiger charge is 2.31. The molecule has 3 atom stereocenters. The van der Waals surface area contributed by atoms with E-state index >= 15 is 0 Å². The zero-order valence-electron chi connectivity index (χ0n) is 8.50. The fourth-order valence-corrected chi connectivity index (χ4v) is 2.37. The molecule has 0 aromatic carbocycles. The van der Waals surface area contributed by atoms with Crippen LogP contribution in [0, 0.1) is 11.8 Å². The lowest BCUT2D eigenvalue weighted by Gasteiger charge is -2.19. The Balaban J connectivity index is 1.66.